The summed E-state index contributed by atoms with van der Waals surface area (Å²) >= 11 is 6.04. The molecule has 2 N–H and O–H groups in total. The molecule has 1 aromatic heterocycles. The van der Waals surface area contributed by atoms with E-state index < -0.39 is 35.3 Å². The Morgan fingerprint density at radius 1 is 1.08 bits per heavy atom. The molecule has 2 aromatic carbocycles. The fourth-order valence-corrected chi connectivity index (χ4v) is 4.12. The average Bonchev–Trinajstić information content (AvgIpc) is 2.78. The van der Waals surface area contributed by atoms with Gasteiger partial charge in [-0.15, -0.1) is 8.78 Å². The number of nitrogens with zero attached hydrogens (tertiary/aromatic N) is 1. The third kappa shape index (κ3) is 5.39. The monoisotopic (exact) mass is 523 g/mol. The minimum Gasteiger partial charge on any atom is -0.409 e. The van der Waals surface area contributed by atoms with Gasteiger partial charge in [-0.2, -0.15) is 8.78 Å². The van der Waals surface area contributed by atoms with E-state index in [1.54, 1.807) is 56.3 Å². The molecule has 2 heterocycles. The van der Waals surface area contributed by atoms with Crippen LogP contribution >= 0.6 is 11.6 Å². The van der Waals surface area contributed by atoms with Gasteiger partial charge in [-0.05, 0) is 49.2 Å². The standard InChI is InChI=1S/C25H22ClF4N3O3/c1-15(2)32-22(34)33-23(13-16-6-4-3-5-7-16,21-11-9-18(26)14-31-21)17-8-10-20-19(12-17)24(27,28)36-25(29,30)35-20/h3-12,14-15H,13H2,1-2H3,(H2,32,33,34)/t23-/m0/s1. The number of urea groups is 1. The molecule has 0 saturated carbocycles. The minimum atomic E-state index is -4.51. The summed E-state index contributed by atoms with van der Waals surface area (Å²) < 4.78 is 64.4. The van der Waals surface area contributed by atoms with Crippen molar-refractivity contribution >= 4 is 17.6 Å². The number of carbonyl (C=O) groups excluding carboxylic acids is 1. The Hall–Kier alpha value is -3.37. The van der Waals surface area contributed by atoms with E-state index in [0.29, 0.717) is 5.02 Å². The van der Waals surface area contributed by atoms with Crippen LogP contribution in [0.1, 0.15) is 36.2 Å². The number of amides is 2. The molecule has 0 saturated heterocycles. The number of fused-ring (bicyclic) bond motifs is 1. The summed E-state index contributed by atoms with van der Waals surface area (Å²) in [6.45, 7) is 3.51. The van der Waals surface area contributed by atoms with Crippen molar-refractivity contribution < 1.29 is 31.8 Å². The highest BCUT2D eigenvalue weighted by molar-refractivity contribution is 6.30. The third-order valence-electron chi connectivity index (χ3n) is 5.49. The zero-order valence-corrected chi connectivity index (χ0v) is 20.0. The number of rotatable bonds is 6. The summed E-state index contributed by atoms with van der Waals surface area (Å²) in [4.78, 5) is 17.4. The number of halogens is 5. The molecule has 0 radical (unpaired) electrons. The highest BCUT2D eigenvalue weighted by Crippen LogP contribution is 2.48. The summed E-state index contributed by atoms with van der Waals surface area (Å²) in [7, 11) is 0. The van der Waals surface area contributed by atoms with Gasteiger partial charge in [-0.25, -0.2) is 9.53 Å². The Bertz CT molecular complexity index is 1240. The molecule has 6 nitrogen and oxygen atoms in total. The van der Waals surface area contributed by atoms with E-state index in [4.69, 9.17) is 11.6 Å². The van der Waals surface area contributed by atoms with Crippen LogP contribution in [0.5, 0.6) is 5.75 Å². The lowest BCUT2D eigenvalue weighted by Gasteiger charge is -2.37. The van der Waals surface area contributed by atoms with Gasteiger partial charge in [0.15, 0.2) is 0 Å². The zero-order chi connectivity index (χ0) is 26.1. The first-order valence-electron chi connectivity index (χ1n) is 10.9. The summed E-state index contributed by atoms with van der Waals surface area (Å²) in [5.74, 6) is -0.746. The number of hydrogen-bond acceptors (Lipinski definition) is 4. The van der Waals surface area contributed by atoms with Crippen molar-refractivity contribution in [2.45, 2.75) is 44.3 Å². The number of hydrogen-bond donors (Lipinski definition) is 2. The molecule has 0 unspecified atom stereocenters. The maximum Gasteiger partial charge on any atom is 0.540 e. The summed E-state index contributed by atoms with van der Waals surface area (Å²) in [6.07, 6.45) is -7.43. The Kier molecular flexibility index (Phi) is 6.85. The first-order chi connectivity index (χ1) is 16.9. The van der Waals surface area contributed by atoms with Crippen LogP contribution in [0.25, 0.3) is 0 Å². The van der Waals surface area contributed by atoms with Crippen LogP contribution < -0.4 is 15.4 Å². The molecule has 36 heavy (non-hydrogen) atoms. The van der Waals surface area contributed by atoms with E-state index in [1.807, 2.05) is 0 Å². The lowest BCUT2D eigenvalue weighted by molar-refractivity contribution is -0.461. The SMILES string of the molecule is CC(C)NC(=O)N[C@@](Cc1ccccc1)(c1ccc2c(c1)C(F)(F)OC(F)(F)O2)c1ccc(Cl)cn1. The van der Waals surface area contributed by atoms with Crippen LogP contribution in [-0.2, 0) is 22.8 Å². The molecule has 11 heteroatoms. The molecule has 1 aliphatic rings. The molecule has 190 valence electrons. The van der Waals surface area contributed by atoms with Gasteiger partial charge in [0.2, 0.25) is 0 Å². The molecule has 0 fully saturated rings. The maximum atomic E-state index is 14.7. The molecule has 3 aromatic rings. The maximum absolute atomic E-state index is 14.7. The van der Waals surface area contributed by atoms with Crippen LogP contribution in [0.4, 0.5) is 22.4 Å². The minimum absolute atomic E-state index is 0.0796. The Morgan fingerprint density at radius 2 is 1.81 bits per heavy atom. The molecule has 1 atom stereocenters. The van der Waals surface area contributed by atoms with Crippen molar-refractivity contribution in [1.29, 1.82) is 0 Å². The molecule has 2 amide bonds. The summed E-state index contributed by atoms with van der Waals surface area (Å²) in [6, 6.07) is 14.5. The molecule has 1 aliphatic heterocycles. The Balaban J connectivity index is 1.94. The van der Waals surface area contributed by atoms with Crippen LogP contribution in [0.15, 0.2) is 66.9 Å². The van der Waals surface area contributed by atoms with E-state index in [0.717, 1.165) is 17.7 Å². The molecule has 0 bridgehead atoms. The van der Waals surface area contributed by atoms with E-state index in [1.165, 1.54) is 12.3 Å². The number of nitrogens with one attached hydrogen (secondary N) is 2. The van der Waals surface area contributed by atoms with Gasteiger partial charge < -0.3 is 15.4 Å². The topological polar surface area (TPSA) is 72.5 Å². The summed E-state index contributed by atoms with van der Waals surface area (Å²) in [5.41, 5.74) is -1.28. The fraction of sp³-hybridized carbons (Fsp3) is 0.280. The van der Waals surface area contributed by atoms with Crippen molar-refractivity contribution in [2.24, 2.45) is 0 Å². The van der Waals surface area contributed by atoms with Gasteiger partial charge in [0.05, 0.1) is 16.3 Å². The molecular weight excluding hydrogens is 502 g/mol. The average molecular weight is 524 g/mol. The van der Waals surface area contributed by atoms with Gasteiger partial charge >= 0.3 is 18.4 Å². The third-order valence-corrected chi connectivity index (χ3v) is 5.71. The molecular formula is C25H22ClF4N3O3. The number of ether oxygens (including phenoxy) is 2. The molecule has 4 rings (SSSR count). The lowest BCUT2D eigenvalue weighted by atomic mass is 9.79. The van der Waals surface area contributed by atoms with Gasteiger partial charge in [0.25, 0.3) is 0 Å². The lowest BCUT2D eigenvalue weighted by Crippen LogP contribution is -2.54. The van der Waals surface area contributed by atoms with Crippen LogP contribution in [0, 0.1) is 0 Å². The van der Waals surface area contributed by atoms with E-state index >= 15 is 0 Å². The van der Waals surface area contributed by atoms with Gasteiger partial charge in [0, 0.05) is 18.7 Å². The second-order valence-electron chi connectivity index (χ2n) is 8.58. The first-order valence-corrected chi connectivity index (χ1v) is 11.3. The number of aromatic nitrogens is 1. The largest absolute Gasteiger partial charge is 0.540 e. The highest BCUT2D eigenvalue weighted by Gasteiger charge is 2.55. The normalized spacial score (nSPS) is 17.4. The van der Waals surface area contributed by atoms with Gasteiger partial charge in [0.1, 0.15) is 11.3 Å². The van der Waals surface area contributed by atoms with E-state index in [-0.39, 0.29) is 23.7 Å². The molecule has 0 aliphatic carbocycles. The summed E-state index contributed by atoms with van der Waals surface area (Å²) in [5, 5.41) is 5.93. The quantitative estimate of drug-likeness (QED) is 0.392. The number of benzene rings is 2. The second kappa shape index (κ2) is 9.59. The Morgan fingerprint density at radius 3 is 2.44 bits per heavy atom. The first kappa shape index (κ1) is 25.7. The van der Waals surface area contributed by atoms with Crippen LogP contribution in [0.2, 0.25) is 5.02 Å². The van der Waals surface area contributed by atoms with Crippen LogP contribution in [0.3, 0.4) is 0 Å². The smallest absolute Gasteiger partial charge is 0.409 e. The predicted molar refractivity (Wildman–Crippen MR) is 124 cm³/mol. The highest BCUT2D eigenvalue weighted by atomic mass is 35.5. The zero-order valence-electron chi connectivity index (χ0n) is 19.2. The van der Waals surface area contributed by atoms with Gasteiger partial charge in [-0.1, -0.05) is 48.0 Å². The second-order valence-corrected chi connectivity index (χ2v) is 9.01. The van der Waals surface area contributed by atoms with Crippen molar-refractivity contribution in [3.05, 3.63) is 94.3 Å². The van der Waals surface area contributed by atoms with Crippen molar-refractivity contribution in [3.63, 3.8) is 0 Å². The number of alkyl halides is 4. The Labute approximate surface area is 209 Å². The fourth-order valence-electron chi connectivity index (χ4n) is 4.01. The van der Waals surface area contributed by atoms with Crippen LogP contribution in [-0.4, -0.2) is 23.4 Å². The van der Waals surface area contributed by atoms with Crippen molar-refractivity contribution in [2.75, 3.05) is 0 Å². The number of carbonyl (C=O) groups is 1. The number of pyridine rings is 1. The van der Waals surface area contributed by atoms with E-state index in [2.05, 4.69) is 25.1 Å². The van der Waals surface area contributed by atoms with Crippen molar-refractivity contribution in [1.82, 2.24) is 15.6 Å². The van der Waals surface area contributed by atoms with Crippen molar-refractivity contribution in [3.8, 4) is 5.75 Å². The van der Waals surface area contributed by atoms with E-state index in [9.17, 15) is 22.4 Å². The van der Waals surface area contributed by atoms with Gasteiger partial charge in [-0.3, -0.25) is 4.98 Å². The molecule has 0 spiro atoms. The predicted octanol–water partition coefficient (Wildman–Crippen LogP) is 5.94.